The van der Waals surface area contributed by atoms with E-state index in [-0.39, 0.29) is 16.2 Å². The van der Waals surface area contributed by atoms with E-state index in [2.05, 4.69) is 20.3 Å². The third kappa shape index (κ3) is 3.07. The molecule has 0 amide bonds. The van der Waals surface area contributed by atoms with Crippen molar-refractivity contribution in [2.75, 3.05) is 5.32 Å². The van der Waals surface area contributed by atoms with Crippen molar-refractivity contribution in [2.45, 2.75) is 4.90 Å². The van der Waals surface area contributed by atoms with Gasteiger partial charge in [-0.3, -0.25) is 4.55 Å². The predicted octanol–water partition coefficient (Wildman–Crippen LogP) is 2.29. The van der Waals surface area contributed by atoms with Gasteiger partial charge >= 0.3 is 12.2 Å². The van der Waals surface area contributed by atoms with Gasteiger partial charge in [0.05, 0.1) is 0 Å². The number of nitrogens with zero attached hydrogens (tertiary/aromatic N) is 3. The summed E-state index contributed by atoms with van der Waals surface area (Å²) in [5.41, 5.74) is 0.304. The van der Waals surface area contributed by atoms with Gasteiger partial charge in [0, 0.05) is 16.5 Å². The molecule has 0 unspecified atom stereocenters. The average Bonchev–Trinajstić information content (AvgIpc) is 2.45. The van der Waals surface area contributed by atoms with E-state index in [1.54, 1.807) is 18.2 Å². The maximum absolute atomic E-state index is 13.0. The molecule has 1 aromatic heterocycles. The molecule has 1 heterocycles. The average molecular weight is 338 g/mol. The highest BCUT2D eigenvalue weighted by molar-refractivity contribution is 7.86. The van der Waals surface area contributed by atoms with Crippen molar-refractivity contribution in [1.82, 2.24) is 15.0 Å². The Balaban J connectivity index is 2.16. The first-order chi connectivity index (χ1) is 10.8. The van der Waals surface area contributed by atoms with E-state index in [1.807, 2.05) is 0 Å². The summed E-state index contributed by atoms with van der Waals surface area (Å²) >= 11 is 0. The standard InChI is InChI=1S/C13H8F2N4O3S/c14-11-17-12(15)19-13(18-11)16-9-5-6-10(23(20,21)22)8-4-2-1-3-7(8)9/h1-6H,(H,20,21,22)(H,16,17,18,19). The fourth-order valence-corrected chi connectivity index (χ4v) is 2.80. The van der Waals surface area contributed by atoms with Crippen LogP contribution in [0.2, 0.25) is 0 Å². The van der Waals surface area contributed by atoms with Gasteiger partial charge in [0.1, 0.15) is 4.90 Å². The summed E-state index contributed by atoms with van der Waals surface area (Å²) in [6.45, 7) is 0. The molecular formula is C13H8F2N4O3S. The largest absolute Gasteiger partial charge is 0.323 e. The number of nitrogens with one attached hydrogen (secondary N) is 1. The van der Waals surface area contributed by atoms with E-state index >= 15 is 0 Å². The molecule has 0 aliphatic carbocycles. The fourth-order valence-electron chi connectivity index (χ4n) is 2.11. The van der Waals surface area contributed by atoms with Gasteiger partial charge in [-0.2, -0.15) is 32.2 Å². The van der Waals surface area contributed by atoms with Crippen LogP contribution in [0.4, 0.5) is 20.4 Å². The molecule has 3 aromatic rings. The monoisotopic (exact) mass is 338 g/mol. The summed E-state index contributed by atoms with van der Waals surface area (Å²) in [6, 6.07) is 8.76. The van der Waals surface area contributed by atoms with Crippen molar-refractivity contribution in [2.24, 2.45) is 0 Å². The first-order valence-corrected chi connectivity index (χ1v) is 7.62. The second kappa shape index (κ2) is 5.48. The number of anilines is 2. The van der Waals surface area contributed by atoms with Crippen molar-refractivity contribution < 1.29 is 21.8 Å². The molecule has 7 nitrogen and oxygen atoms in total. The lowest BCUT2D eigenvalue weighted by molar-refractivity contribution is 0.458. The number of fused-ring (bicyclic) bond motifs is 1. The second-order valence-corrected chi connectivity index (χ2v) is 5.84. The summed E-state index contributed by atoms with van der Waals surface area (Å²) in [4.78, 5) is 9.09. The Morgan fingerprint density at radius 1 is 0.913 bits per heavy atom. The van der Waals surface area contributed by atoms with Crippen molar-refractivity contribution in [3.63, 3.8) is 0 Å². The molecule has 10 heteroatoms. The van der Waals surface area contributed by atoms with E-state index in [9.17, 15) is 21.8 Å². The Kier molecular flexibility index (Phi) is 3.62. The van der Waals surface area contributed by atoms with E-state index in [1.165, 1.54) is 12.1 Å². The van der Waals surface area contributed by atoms with Crippen LogP contribution in [0.15, 0.2) is 41.3 Å². The molecule has 2 N–H and O–H groups in total. The minimum absolute atomic E-state index is 0.231. The molecule has 2 aromatic carbocycles. The van der Waals surface area contributed by atoms with Crippen molar-refractivity contribution >= 4 is 32.5 Å². The van der Waals surface area contributed by atoms with E-state index in [4.69, 9.17) is 0 Å². The maximum atomic E-state index is 13.0. The number of halogens is 2. The molecule has 0 aliphatic heterocycles. The Hall–Kier alpha value is -2.72. The molecule has 0 radical (unpaired) electrons. The highest BCUT2D eigenvalue weighted by Gasteiger charge is 2.16. The van der Waals surface area contributed by atoms with Crippen LogP contribution < -0.4 is 5.32 Å². The summed E-state index contributed by atoms with van der Waals surface area (Å²) < 4.78 is 58.1. The van der Waals surface area contributed by atoms with Gasteiger partial charge in [0.2, 0.25) is 5.95 Å². The zero-order chi connectivity index (χ0) is 16.6. The molecule has 0 bridgehead atoms. The van der Waals surface area contributed by atoms with Crippen molar-refractivity contribution in [1.29, 1.82) is 0 Å². The quantitative estimate of drug-likeness (QED) is 0.706. The van der Waals surface area contributed by atoms with Crippen LogP contribution in [0.1, 0.15) is 0 Å². The predicted molar refractivity (Wildman–Crippen MR) is 76.8 cm³/mol. The first kappa shape index (κ1) is 15.2. The molecule has 0 saturated heterocycles. The third-order valence-electron chi connectivity index (χ3n) is 2.99. The number of aromatic nitrogens is 3. The van der Waals surface area contributed by atoms with Crippen LogP contribution in [-0.4, -0.2) is 27.9 Å². The summed E-state index contributed by atoms with van der Waals surface area (Å²) in [5.74, 6) is -0.375. The summed E-state index contributed by atoms with van der Waals surface area (Å²) in [7, 11) is -4.42. The smallest absolute Gasteiger partial charge is 0.315 e. The molecule has 3 rings (SSSR count). The second-order valence-electron chi connectivity index (χ2n) is 4.45. The van der Waals surface area contributed by atoms with Gasteiger partial charge in [-0.25, -0.2) is 0 Å². The molecule has 0 aliphatic rings. The minimum Gasteiger partial charge on any atom is -0.323 e. The van der Waals surface area contributed by atoms with Gasteiger partial charge in [0.15, 0.2) is 0 Å². The molecule has 0 saturated carbocycles. The molecule has 23 heavy (non-hydrogen) atoms. The lowest BCUT2D eigenvalue weighted by atomic mass is 10.1. The number of hydrogen-bond donors (Lipinski definition) is 2. The molecular weight excluding hydrogens is 330 g/mol. The number of rotatable bonds is 3. The topological polar surface area (TPSA) is 105 Å². The molecule has 118 valence electrons. The van der Waals surface area contributed by atoms with Gasteiger partial charge < -0.3 is 5.32 Å². The third-order valence-corrected chi connectivity index (χ3v) is 3.90. The van der Waals surface area contributed by atoms with Crippen molar-refractivity contribution in [3.8, 4) is 0 Å². The number of hydrogen-bond acceptors (Lipinski definition) is 6. The minimum atomic E-state index is -4.42. The Bertz CT molecular complexity index is 991. The summed E-state index contributed by atoms with van der Waals surface area (Å²) in [6.07, 6.45) is -2.59. The highest BCUT2D eigenvalue weighted by atomic mass is 32.2. The Labute approximate surface area is 128 Å². The zero-order valence-corrected chi connectivity index (χ0v) is 12.1. The zero-order valence-electron chi connectivity index (χ0n) is 11.2. The van der Waals surface area contributed by atoms with Crippen LogP contribution in [0.5, 0.6) is 0 Å². The first-order valence-electron chi connectivity index (χ1n) is 6.18. The van der Waals surface area contributed by atoms with Gasteiger partial charge in [-0.1, -0.05) is 24.3 Å². The van der Waals surface area contributed by atoms with E-state index < -0.39 is 22.3 Å². The van der Waals surface area contributed by atoms with Crippen LogP contribution in [0, 0.1) is 12.2 Å². The Morgan fingerprint density at radius 2 is 1.52 bits per heavy atom. The van der Waals surface area contributed by atoms with Gasteiger partial charge in [-0.15, -0.1) is 0 Å². The van der Waals surface area contributed by atoms with E-state index in [0.29, 0.717) is 11.1 Å². The van der Waals surface area contributed by atoms with Crippen LogP contribution in [-0.2, 0) is 10.1 Å². The fraction of sp³-hybridized carbons (Fsp3) is 0. The van der Waals surface area contributed by atoms with Crippen LogP contribution >= 0.6 is 0 Å². The van der Waals surface area contributed by atoms with Crippen LogP contribution in [0.3, 0.4) is 0 Å². The molecule has 0 fully saturated rings. The molecule has 0 atom stereocenters. The SMILES string of the molecule is O=S(=O)(O)c1ccc(Nc2nc(F)nc(F)n2)c2ccccc12. The lowest BCUT2D eigenvalue weighted by Gasteiger charge is -2.10. The van der Waals surface area contributed by atoms with Gasteiger partial charge in [-0.05, 0) is 12.1 Å². The lowest BCUT2D eigenvalue weighted by Crippen LogP contribution is -2.05. The molecule has 0 spiro atoms. The van der Waals surface area contributed by atoms with Crippen molar-refractivity contribution in [3.05, 3.63) is 48.6 Å². The summed E-state index contributed by atoms with van der Waals surface area (Å²) in [5, 5.41) is 3.21. The van der Waals surface area contributed by atoms with E-state index in [0.717, 1.165) is 6.07 Å². The highest BCUT2D eigenvalue weighted by Crippen LogP contribution is 2.30. The number of benzene rings is 2. The van der Waals surface area contributed by atoms with Crippen LogP contribution in [0.25, 0.3) is 10.8 Å². The maximum Gasteiger partial charge on any atom is 0.315 e. The Morgan fingerprint density at radius 3 is 2.13 bits per heavy atom. The normalized spacial score (nSPS) is 11.6. The van der Waals surface area contributed by atoms with Gasteiger partial charge in [0.25, 0.3) is 10.1 Å².